The number of piperazine rings is 1. The number of fused-ring (bicyclic) bond motifs is 2. The number of benzene rings is 2. The molecular weight excluding hydrogens is 478 g/mol. The highest BCUT2D eigenvalue weighted by molar-refractivity contribution is 6.33. The van der Waals surface area contributed by atoms with Gasteiger partial charge < -0.3 is 28.9 Å². The first-order valence-electron chi connectivity index (χ1n) is 12.9. The van der Waals surface area contributed by atoms with Crippen LogP contribution in [0.3, 0.4) is 0 Å². The Kier molecular flexibility index (Phi) is 7.89. The van der Waals surface area contributed by atoms with Crippen LogP contribution >= 0.6 is 11.6 Å². The fourth-order valence-corrected chi connectivity index (χ4v) is 6.32. The molecule has 8 heteroatoms. The van der Waals surface area contributed by atoms with Crippen molar-refractivity contribution in [1.29, 1.82) is 0 Å². The van der Waals surface area contributed by atoms with Gasteiger partial charge in [0.2, 0.25) is 0 Å². The number of nitrogens with zero attached hydrogens (tertiary/aromatic N) is 3. The Labute approximate surface area is 218 Å². The number of hydrogen-bond donors (Lipinski definition) is 0. The minimum atomic E-state index is -0.222. The van der Waals surface area contributed by atoms with Crippen molar-refractivity contribution in [2.24, 2.45) is 5.92 Å². The van der Waals surface area contributed by atoms with Gasteiger partial charge in [0.25, 0.3) is 0 Å². The molecule has 3 saturated heterocycles. The molecule has 2 bridgehead atoms. The van der Waals surface area contributed by atoms with E-state index in [1.165, 1.54) is 5.69 Å². The number of methoxy groups -OCH3 is 2. The lowest BCUT2D eigenvalue weighted by Crippen LogP contribution is -2.55. The van der Waals surface area contributed by atoms with Crippen molar-refractivity contribution < 1.29 is 19.0 Å². The number of rotatable bonds is 7. The lowest BCUT2D eigenvalue weighted by atomic mass is 9.95. The second-order valence-corrected chi connectivity index (χ2v) is 10.4. The van der Waals surface area contributed by atoms with Gasteiger partial charge in [-0.3, -0.25) is 0 Å². The molecule has 0 aliphatic carbocycles. The average Bonchev–Trinajstić information content (AvgIpc) is 3.18. The molecule has 7 nitrogen and oxygen atoms in total. The Morgan fingerprint density at radius 2 is 1.64 bits per heavy atom. The standard InChI is InChI=1S/C28H36ClN3O4/c1-34-27(35-2)21-12-14-30(15-13-21)26-16-22(10-11-25(26)29)32-23-8-9-24(32)18-31(17-23)28(33)36-19-20-6-4-3-5-7-20/h3-7,10-11,16,21,23-24,27H,8-9,12-15,17-19H2,1-2H3. The van der Waals surface area contributed by atoms with E-state index in [0.717, 1.165) is 55.0 Å². The number of amides is 1. The molecule has 2 atom stereocenters. The van der Waals surface area contributed by atoms with Gasteiger partial charge in [-0.1, -0.05) is 41.9 Å². The Morgan fingerprint density at radius 1 is 0.972 bits per heavy atom. The molecular formula is C28H36ClN3O4. The molecule has 3 fully saturated rings. The van der Waals surface area contributed by atoms with Gasteiger partial charge in [0.1, 0.15) is 6.61 Å². The van der Waals surface area contributed by atoms with E-state index < -0.39 is 0 Å². The van der Waals surface area contributed by atoms with E-state index in [4.69, 9.17) is 25.8 Å². The van der Waals surface area contributed by atoms with Crippen molar-refractivity contribution in [3.8, 4) is 0 Å². The number of piperidine rings is 1. The minimum absolute atomic E-state index is 0.153. The maximum Gasteiger partial charge on any atom is 0.410 e. The van der Waals surface area contributed by atoms with Crippen molar-refractivity contribution >= 4 is 29.1 Å². The third-order valence-corrected chi connectivity index (χ3v) is 8.22. The molecule has 0 N–H and O–H groups in total. The zero-order valence-corrected chi connectivity index (χ0v) is 21.9. The minimum Gasteiger partial charge on any atom is -0.445 e. The van der Waals surface area contributed by atoms with Gasteiger partial charge >= 0.3 is 6.09 Å². The summed E-state index contributed by atoms with van der Waals surface area (Å²) in [6, 6.07) is 16.8. The summed E-state index contributed by atoms with van der Waals surface area (Å²) in [6.07, 6.45) is 3.78. The van der Waals surface area contributed by atoms with E-state index in [1.54, 1.807) is 14.2 Å². The maximum absolute atomic E-state index is 12.8. The SMILES string of the molecule is COC(OC)C1CCN(c2cc(N3C4CCC3CN(C(=O)OCc3ccccc3)C4)ccc2Cl)CC1. The van der Waals surface area contributed by atoms with Crippen molar-refractivity contribution in [2.45, 2.75) is 50.7 Å². The molecule has 5 rings (SSSR count). The first-order valence-corrected chi connectivity index (χ1v) is 13.3. The number of halogens is 1. The maximum atomic E-state index is 12.8. The summed E-state index contributed by atoms with van der Waals surface area (Å²) in [5.41, 5.74) is 3.28. The highest BCUT2D eigenvalue weighted by Crippen LogP contribution is 2.40. The van der Waals surface area contributed by atoms with Gasteiger partial charge in [-0.2, -0.15) is 0 Å². The number of ether oxygens (including phenoxy) is 3. The van der Waals surface area contributed by atoms with Gasteiger partial charge in [0.15, 0.2) is 6.29 Å². The Hall–Kier alpha value is -2.48. The lowest BCUT2D eigenvalue weighted by molar-refractivity contribution is -0.141. The number of hydrogen-bond acceptors (Lipinski definition) is 6. The van der Waals surface area contributed by atoms with E-state index in [9.17, 15) is 4.79 Å². The van der Waals surface area contributed by atoms with Crippen LogP contribution in [-0.4, -0.2) is 69.8 Å². The second-order valence-electron chi connectivity index (χ2n) is 10.0. The van der Waals surface area contributed by atoms with Crippen LogP contribution < -0.4 is 9.80 Å². The molecule has 2 aromatic rings. The van der Waals surface area contributed by atoms with E-state index in [1.807, 2.05) is 41.3 Å². The molecule has 194 valence electrons. The first kappa shape index (κ1) is 25.2. The topological polar surface area (TPSA) is 54.5 Å². The monoisotopic (exact) mass is 513 g/mol. The second kappa shape index (κ2) is 11.3. The van der Waals surface area contributed by atoms with E-state index >= 15 is 0 Å². The van der Waals surface area contributed by atoms with Crippen LogP contribution in [0.25, 0.3) is 0 Å². The van der Waals surface area contributed by atoms with E-state index in [-0.39, 0.29) is 24.5 Å². The number of carbonyl (C=O) groups excluding carboxylic acids is 1. The molecule has 0 saturated carbocycles. The summed E-state index contributed by atoms with van der Waals surface area (Å²) < 4.78 is 16.6. The predicted octanol–water partition coefficient (Wildman–Crippen LogP) is 5.17. The summed E-state index contributed by atoms with van der Waals surface area (Å²) in [6.45, 7) is 3.52. The van der Waals surface area contributed by atoms with Crippen LogP contribution in [0.2, 0.25) is 5.02 Å². The number of likely N-dealkylation sites (tertiary alicyclic amines) is 1. The van der Waals surface area contributed by atoms with Crippen LogP contribution in [-0.2, 0) is 20.8 Å². The Bertz CT molecular complexity index is 1010. The molecule has 0 radical (unpaired) electrons. The highest BCUT2D eigenvalue weighted by atomic mass is 35.5. The molecule has 2 aromatic carbocycles. The van der Waals surface area contributed by atoms with Gasteiger partial charge in [0.05, 0.1) is 10.7 Å². The number of carbonyl (C=O) groups is 1. The zero-order chi connectivity index (χ0) is 25.1. The van der Waals surface area contributed by atoms with Gasteiger partial charge in [0, 0.05) is 64.1 Å². The molecule has 1 amide bonds. The fourth-order valence-electron chi connectivity index (χ4n) is 6.08. The third-order valence-electron chi connectivity index (χ3n) is 7.90. The lowest BCUT2D eigenvalue weighted by Gasteiger charge is -2.42. The van der Waals surface area contributed by atoms with Gasteiger partial charge in [-0.15, -0.1) is 0 Å². The summed E-state index contributed by atoms with van der Waals surface area (Å²) in [5, 5.41) is 0.780. The fraction of sp³-hybridized carbons (Fsp3) is 0.536. The molecule has 0 spiro atoms. The smallest absolute Gasteiger partial charge is 0.410 e. The largest absolute Gasteiger partial charge is 0.445 e. The van der Waals surface area contributed by atoms with Gasteiger partial charge in [-0.05, 0) is 49.4 Å². The van der Waals surface area contributed by atoms with Crippen LogP contribution in [0, 0.1) is 5.92 Å². The van der Waals surface area contributed by atoms with Crippen molar-refractivity contribution in [3.63, 3.8) is 0 Å². The van der Waals surface area contributed by atoms with Crippen LogP contribution in [0.5, 0.6) is 0 Å². The highest BCUT2D eigenvalue weighted by Gasteiger charge is 2.42. The average molecular weight is 514 g/mol. The molecule has 2 unspecified atom stereocenters. The molecule has 36 heavy (non-hydrogen) atoms. The van der Waals surface area contributed by atoms with Crippen LogP contribution in [0.15, 0.2) is 48.5 Å². The Morgan fingerprint density at radius 3 is 2.28 bits per heavy atom. The molecule has 0 aromatic heterocycles. The summed E-state index contributed by atoms with van der Waals surface area (Å²) >= 11 is 6.68. The molecule has 3 aliphatic heterocycles. The van der Waals surface area contributed by atoms with E-state index in [0.29, 0.717) is 25.6 Å². The van der Waals surface area contributed by atoms with Crippen LogP contribution in [0.4, 0.5) is 16.2 Å². The summed E-state index contributed by atoms with van der Waals surface area (Å²) in [7, 11) is 3.41. The normalized spacial score (nSPS) is 22.4. The zero-order valence-electron chi connectivity index (χ0n) is 21.1. The quantitative estimate of drug-likeness (QED) is 0.476. The third kappa shape index (κ3) is 5.29. The number of anilines is 2. The first-order chi connectivity index (χ1) is 17.6. The molecule has 3 aliphatic rings. The van der Waals surface area contributed by atoms with Crippen molar-refractivity contribution in [1.82, 2.24) is 4.90 Å². The van der Waals surface area contributed by atoms with Crippen molar-refractivity contribution in [2.75, 3.05) is 50.2 Å². The van der Waals surface area contributed by atoms with Gasteiger partial charge in [-0.25, -0.2) is 4.79 Å². The van der Waals surface area contributed by atoms with Crippen molar-refractivity contribution in [3.05, 3.63) is 59.1 Å². The Balaban J connectivity index is 1.23. The van der Waals surface area contributed by atoms with Crippen LogP contribution in [0.1, 0.15) is 31.2 Å². The summed E-state index contributed by atoms with van der Waals surface area (Å²) in [4.78, 5) is 19.6. The van der Waals surface area contributed by atoms with E-state index in [2.05, 4.69) is 21.9 Å². The summed E-state index contributed by atoms with van der Waals surface area (Å²) in [5.74, 6) is 0.392. The molecule has 3 heterocycles. The predicted molar refractivity (Wildman–Crippen MR) is 142 cm³/mol.